The van der Waals surface area contributed by atoms with E-state index in [9.17, 15) is 0 Å². The smallest absolute Gasteiger partial charge is 0.137 e. The summed E-state index contributed by atoms with van der Waals surface area (Å²) >= 11 is 0. The summed E-state index contributed by atoms with van der Waals surface area (Å²) in [5.74, 6) is 0.219. The number of rotatable bonds is 3. The quantitative estimate of drug-likeness (QED) is 0.209. The van der Waals surface area contributed by atoms with Crippen LogP contribution in [0.2, 0.25) is 0 Å². The molecule has 0 fully saturated rings. The second-order valence-electron chi connectivity index (χ2n) is 12.1. The molecule has 0 spiro atoms. The van der Waals surface area contributed by atoms with Crippen molar-refractivity contribution in [1.29, 1.82) is 0 Å². The average molecular weight is 577 g/mol. The summed E-state index contributed by atoms with van der Waals surface area (Å²) in [7, 11) is 0. The lowest BCUT2D eigenvalue weighted by Crippen LogP contribution is -2.26. The fourth-order valence-electron chi connectivity index (χ4n) is 7.90. The Kier molecular flexibility index (Phi) is 5.11. The van der Waals surface area contributed by atoms with E-state index in [2.05, 4.69) is 167 Å². The summed E-state index contributed by atoms with van der Waals surface area (Å²) in [5.41, 5.74) is 13.0. The van der Waals surface area contributed by atoms with Gasteiger partial charge in [0.15, 0.2) is 0 Å². The first kappa shape index (κ1) is 24.6. The first-order valence-corrected chi connectivity index (χ1v) is 15.6. The Morgan fingerprint density at radius 1 is 0.578 bits per heavy atom. The predicted molar refractivity (Wildman–Crippen MR) is 186 cm³/mol. The normalized spacial score (nSPS) is 16.8. The molecule has 0 N–H and O–H groups in total. The second-order valence-corrected chi connectivity index (χ2v) is 12.1. The van der Waals surface area contributed by atoms with Crippen LogP contribution >= 0.6 is 0 Å². The van der Waals surface area contributed by atoms with Crippen molar-refractivity contribution in [3.8, 4) is 16.8 Å². The molecule has 0 bridgehead atoms. The number of fused-ring (bicyclic) bond motifs is 10. The second kappa shape index (κ2) is 9.35. The van der Waals surface area contributed by atoms with Crippen molar-refractivity contribution >= 4 is 50.3 Å². The Balaban J connectivity index is 1.22. The van der Waals surface area contributed by atoms with Gasteiger partial charge in [-0.2, -0.15) is 0 Å². The van der Waals surface area contributed by atoms with E-state index in [1.165, 1.54) is 50.2 Å². The highest BCUT2D eigenvalue weighted by atomic mass is 16.3. The lowest BCUT2D eigenvalue weighted by Gasteiger charge is -2.33. The molecular weight excluding hydrogens is 548 g/mol. The largest absolute Gasteiger partial charge is 0.456 e. The molecule has 0 saturated carbocycles. The molecule has 1 aliphatic carbocycles. The fraction of sp³-hybridized carbons (Fsp3) is 0.0476. The van der Waals surface area contributed by atoms with Crippen molar-refractivity contribution in [3.05, 3.63) is 168 Å². The Labute approximate surface area is 260 Å². The van der Waals surface area contributed by atoms with Gasteiger partial charge in [-0.05, 0) is 59.2 Å². The first-order valence-electron chi connectivity index (χ1n) is 15.6. The molecule has 2 aromatic heterocycles. The molecule has 45 heavy (non-hydrogen) atoms. The zero-order chi connectivity index (χ0) is 29.5. The van der Waals surface area contributed by atoms with Gasteiger partial charge in [-0.25, -0.2) is 0 Å². The van der Waals surface area contributed by atoms with E-state index in [1.54, 1.807) is 0 Å². The Hall–Kier alpha value is -5.80. The van der Waals surface area contributed by atoms with Crippen LogP contribution in [0.15, 0.2) is 156 Å². The van der Waals surface area contributed by atoms with Crippen LogP contribution in [-0.2, 0) is 0 Å². The van der Waals surface area contributed by atoms with Gasteiger partial charge in [0.05, 0.1) is 17.3 Å². The van der Waals surface area contributed by atoms with Crippen LogP contribution in [-0.4, -0.2) is 4.57 Å². The number of aromatic nitrogens is 1. The monoisotopic (exact) mass is 576 g/mol. The van der Waals surface area contributed by atoms with E-state index in [0.29, 0.717) is 0 Å². The minimum atomic E-state index is 0.0803. The molecule has 3 heterocycles. The summed E-state index contributed by atoms with van der Waals surface area (Å²) in [6.45, 7) is 0. The summed E-state index contributed by atoms with van der Waals surface area (Å²) < 4.78 is 9.09. The van der Waals surface area contributed by atoms with Crippen LogP contribution in [0.1, 0.15) is 28.8 Å². The van der Waals surface area contributed by atoms with Crippen LogP contribution in [0.4, 0.5) is 11.4 Å². The number of nitrogens with zero attached hydrogens (tertiary/aromatic N) is 2. The third-order valence-electron chi connectivity index (χ3n) is 9.73. The zero-order valence-electron chi connectivity index (χ0n) is 24.5. The maximum Gasteiger partial charge on any atom is 0.137 e. The summed E-state index contributed by atoms with van der Waals surface area (Å²) in [6, 6.07) is 52.3. The van der Waals surface area contributed by atoms with Gasteiger partial charge in [0, 0.05) is 50.8 Å². The molecule has 0 saturated heterocycles. The molecule has 6 aromatic carbocycles. The van der Waals surface area contributed by atoms with Gasteiger partial charge in [-0.3, -0.25) is 0 Å². The average Bonchev–Trinajstić information content (AvgIpc) is 3.76. The van der Waals surface area contributed by atoms with Gasteiger partial charge >= 0.3 is 0 Å². The number of furan rings is 1. The maximum absolute atomic E-state index is 6.60. The molecule has 3 nitrogen and oxygen atoms in total. The fourth-order valence-corrected chi connectivity index (χ4v) is 7.90. The SMILES string of the molecule is C1=CC2c3ccccc3N(c3ccc4c(c3)oc3cccc(-c5ccccc5)c34)C2c2c1c1ccccc1n2-c1ccccc1. The number of benzene rings is 6. The van der Waals surface area contributed by atoms with Gasteiger partial charge in [-0.1, -0.05) is 109 Å². The third kappa shape index (κ3) is 3.46. The molecule has 0 amide bonds. The van der Waals surface area contributed by atoms with Crippen molar-refractivity contribution in [2.75, 3.05) is 4.90 Å². The van der Waals surface area contributed by atoms with E-state index >= 15 is 0 Å². The molecule has 2 aliphatic rings. The molecule has 10 rings (SSSR count). The van der Waals surface area contributed by atoms with Crippen LogP contribution in [0.3, 0.4) is 0 Å². The van der Waals surface area contributed by atoms with Crippen molar-refractivity contribution in [2.45, 2.75) is 12.0 Å². The van der Waals surface area contributed by atoms with Crippen LogP contribution in [0, 0.1) is 0 Å². The molecule has 2 unspecified atom stereocenters. The first-order chi connectivity index (χ1) is 22.3. The Bertz CT molecular complexity index is 2450. The van der Waals surface area contributed by atoms with Gasteiger partial charge in [-0.15, -0.1) is 0 Å². The Morgan fingerprint density at radius 2 is 1.36 bits per heavy atom. The highest BCUT2D eigenvalue weighted by Gasteiger charge is 2.44. The van der Waals surface area contributed by atoms with E-state index in [1.807, 2.05) is 0 Å². The number of anilines is 2. The zero-order valence-corrected chi connectivity index (χ0v) is 24.5. The molecule has 3 heteroatoms. The van der Waals surface area contributed by atoms with E-state index < -0.39 is 0 Å². The van der Waals surface area contributed by atoms with E-state index in [-0.39, 0.29) is 12.0 Å². The number of para-hydroxylation sites is 3. The van der Waals surface area contributed by atoms with Crippen LogP contribution in [0.25, 0.3) is 55.7 Å². The Morgan fingerprint density at radius 3 is 2.24 bits per heavy atom. The molecule has 8 aromatic rings. The molecular formula is C42H28N2O. The summed E-state index contributed by atoms with van der Waals surface area (Å²) in [4.78, 5) is 2.55. The lowest BCUT2D eigenvalue weighted by atomic mass is 9.86. The van der Waals surface area contributed by atoms with Crippen molar-refractivity contribution < 1.29 is 4.42 Å². The highest BCUT2D eigenvalue weighted by molar-refractivity contribution is 6.13. The number of hydrogen-bond acceptors (Lipinski definition) is 2. The van der Waals surface area contributed by atoms with Gasteiger partial charge < -0.3 is 13.9 Å². The van der Waals surface area contributed by atoms with Crippen molar-refractivity contribution in [3.63, 3.8) is 0 Å². The number of hydrogen-bond donors (Lipinski definition) is 0. The minimum Gasteiger partial charge on any atom is -0.456 e. The third-order valence-corrected chi connectivity index (χ3v) is 9.73. The predicted octanol–water partition coefficient (Wildman–Crippen LogP) is 11.2. The lowest BCUT2D eigenvalue weighted by molar-refractivity contribution is 0.635. The van der Waals surface area contributed by atoms with Crippen LogP contribution < -0.4 is 4.90 Å². The van der Waals surface area contributed by atoms with Gasteiger partial charge in [0.1, 0.15) is 11.2 Å². The molecule has 212 valence electrons. The summed E-state index contributed by atoms with van der Waals surface area (Å²) in [6.07, 6.45) is 4.77. The van der Waals surface area contributed by atoms with Gasteiger partial charge in [0.2, 0.25) is 0 Å². The topological polar surface area (TPSA) is 21.3 Å². The van der Waals surface area contributed by atoms with Crippen molar-refractivity contribution in [1.82, 2.24) is 4.57 Å². The summed E-state index contributed by atoms with van der Waals surface area (Å²) in [5, 5.41) is 3.58. The standard InChI is InChI=1S/C42H28N2O/c1-3-12-27(13-4-1)30-18-11-21-38-40(30)35-23-22-29(26-39(35)45-38)44-37-20-10-8-17-32(37)34-25-24-33-31-16-7-9-19-36(31)43(41(33)42(34)44)28-14-5-2-6-15-28/h1-26,34,42H. The maximum atomic E-state index is 6.60. The van der Waals surface area contributed by atoms with Gasteiger partial charge in [0.25, 0.3) is 0 Å². The van der Waals surface area contributed by atoms with Crippen LogP contribution in [0.5, 0.6) is 0 Å². The van der Waals surface area contributed by atoms with E-state index in [0.717, 1.165) is 27.6 Å². The van der Waals surface area contributed by atoms with Crippen molar-refractivity contribution in [2.24, 2.45) is 0 Å². The van der Waals surface area contributed by atoms with E-state index in [4.69, 9.17) is 4.42 Å². The molecule has 2 atom stereocenters. The molecule has 1 aliphatic heterocycles. The molecule has 0 radical (unpaired) electrons. The highest BCUT2D eigenvalue weighted by Crippen LogP contribution is 2.57. The minimum absolute atomic E-state index is 0.0803.